The lowest BCUT2D eigenvalue weighted by Gasteiger charge is -2.23. The second kappa shape index (κ2) is 9.70. The minimum absolute atomic E-state index is 0.00704. The van der Waals surface area contributed by atoms with E-state index >= 15 is 0 Å². The lowest BCUT2D eigenvalue weighted by molar-refractivity contribution is -0.150. The molecule has 1 amide bonds. The Morgan fingerprint density at radius 3 is 2.36 bits per heavy atom. The topological polar surface area (TPSA) is 158 Å². The van der Waals surface area contributed by atoms with E-state index in [1.165, 1.54) is 18.9 Å². The Kier molecular flexibility index (Phi) is 6.98. The molecule has 10 heteroatoms. The van der Waals surface area contributed by atoms with E-state index in [0.29, 0.717) is 29.1 Å². The summed E-state index contributed by atoms with van der Waals surface area (Å²) in [7, 11) is 1.18. The molecule has 2 unspecified atom stereocenters. The maximum Gasteiger partial charge on any atom is 0.414 e. The van der Waals surface area contributed by atoms with Crippen molar-refractivity contribution in [3.05, 3.63) is 59.7 Å². The number of Topliss-reactive ketones (excluding diaryl/α,β-unsaturated/α-hetero) is 1. The molecule has 3 rings (SSSR count). The van der Waals surface area contributed by atoms with Crippen LogP contribution in [0.2, 0.25) is 0 Å². The van der Waals surface area contributed by atoms with Crippen LogP contribution in [-0.2, 0) is 25.5 Å². The molecule has 10 nitrogen and oxygen atoms in total. The average molecular weight is 454 g/mol. The van der Waals surface area contributed by atoms with Crippen LogP contribution < -0.4 is 21.1 Å². The molecule has 1 fully saturated rings. The SMILES string of the molecule is COC(=O)C(N)(Cc1ccc(OCC2CN(c3ccc(C(=N)N)cc3)C(=O)O2)cc1)C(C)=O. The van der Waals surface area contributed by atoms with Crippen LogP contribution in [-0.4, -0.2) is 55.6 Å². The number of hydrogen-bond donors (Lipinski definition) is 3. The van der Waals surface area contributed by atoms with Crippen molar-refractivity contribution in [1.29, 1.82) is 5.41 Å². The van der Waals surface area contributed by atoms with Crippen molar-refractivity contribution in [2.45, 2.75) is 25.0 Å². The molecule has 1 saturated heterocycles. The molecule has 0 radical (unpaired) electrons. The quantitative estimate of drug-likeness (QED) is 0.222. The molecule has 2 aromatic rings. The number of anilines is 1. The minimum Gasteiger partial charge on any atom is -0.490 e. The van der Waals surface area contributed by atoms with Gasteiger partial charge in [-0.1, -0.05) is 12.1 Å². The number of ether oxygens (including phenoxy) is 3. The first-order chi connectivity index (χ1) is 15.6. The molecule has 33 heavy (non-hydrogen) atoms. The third kappa shape index (κ3) is 5.29. The van der Waals surface area contributed by atoms with Gasteiger partial charge in [0.1, 0.15) is 18.2 Å². The number of nitrogen functional groups attached to an aromatic ring is 1. The van der Waals surface area contributed by atoms with Gasteiger partial charge in [-0.2, -0.15) is 0 Å². The van der Waals surface area contributed by atoms with E-state index < -0.39 is 29.5 Å². The van der Waals surface area contributed by atoms with E-state index in [2.05, 4.69) is 4.74 Å². The van der Waals surface area contributed by atoms with Crippen LogP contribution in [0, 0.1) is 5.41 Å². The number of amidine groups is 1. The Labute approximate surface area is 190 Å². The number of cyclic esters (lactones) is 1. The van der Waals surface area contributed by atoms with Gasteiger partial charge in [0.2, 0.25) is 0 Å². The molecule has 0 aromatic heterocycles. The first-order valence-corrected chi connectivity index (χ1v) is 10.2. The zero-order valence-corrected chi connectivity index (χ0v) is 18.4. The van der Waals surface area contributed by atoms with Crippen molar-refractivity contribution in [3.8, 4) is 5.75 Å². The van der Waals surface area contributed by atoms with Crippen LogP contribution in [0.5, 0.6) is 5.75 Å². The summed E-state index contributed by atoms with van der Waals surface area (Å²) in [5.41, 5.74) is 11.6. The highest BCUT2D eigenvalue weighted by atomic mass is 16.6. The summed E-state index contributed by atoms with van der Waals surface area (Å²) in [5.74, 6) is -0.800. The molecule has 2 aromatic carbocycles. The van der Waals surface area contributed by atoms with Crippen molar-refractivity contribution in [1.82, 2.24) is 0 Å². The molecule has 2 atom stereocenters. The van der Waals surface area contributed by atoms with E-state index in [0.717, 1.165) is 0 Å². The predicted molar refractivity (Wildman–Crippen MR) is 120 cm³/mol. The molecule has 0 spiro atoms. The number of ketones is 1. The largest absolute Gasteiger partial charge is 0.490 e. The maximum absolute atomic E-state index is 12.2. The smallest absolute Gasteiger partial charge is 0.414 e. The molecule has 1 aliphatic rings. The lowest BCUT2D eigenvalue weighted by atomic mass is 9.88. The standard InChI is InChI=1S/C23H26N4O6/c1-14(28)23(26,21(29)31-2)11-15-3-9-18(10-4-15)32-13-19-12-27(22(30)33-19)17-7-5-16(6-8-17)20(24)25/h3-10,19H,11-13,26H2,1-2H3,(H3,24,25). The molecular formula is C23H26N4O6. The second-order valence-electron chi connectivity index (χ2n) is 7.73. The van der Waals surface area contributed by atoms with Crippen molar-refractivity contribution >= 4 is 29.4 Å². The Hall–Kier alpha value is -3.92. The van der Waals surface area contributed by atoms with Gasteiger partial charge in [0.25, 0.3) is 0 Å². The van der Waals surface area contributed by atoms with Crippen molar-refractivity contribution in [3.63, 3.8) is 0 Å². The van der Waals surface area contributed by atoms with Gasteiger partial charge in [-0.15, -0.1) is 0 Å². The average Bonchev–Trinajstić information content (AvgIpc) is 3.18. The van der Waals surface area contributed by atoms with Gasteiger partial charge in [0.15, 0.2) is 17.4 Å². The van der Waals surface area contributed by atoms with Crippen molar-refractivity contribution in [2.24, 2.45) is 11.5 Å². The van der Waals surface area contributed by atoms with Crippen molar-refractivity contribution < 1.29 is 28.6 Å². The molecule has 0 saturated carbocycles. The highest BCUT2D eigenvalue weighted by Gasteiger charge is 2.40. The number of methoxy groups -OCH3 is 1. The number of carbonyl (C=O) groups excluding carboxylic acids is 3. The number of nitrogens with two attached hydrogens (primary N) is 2. The van der Waals surface area contributed by atoms with Gasteiger partial charge in [0, 0.05) is 17.7 Å². The molecule has 0 aliphatic carbocycles. The van der Waals surface area contributed by atoms with E-state index in [9.17, 15) is 14.4 Å². The van der Waals surface area contributed by atoms with E-state index in [1.807, 2.05) is 0 Å². The Bertz CT molecular complexity index is 1050. The number of carbonyl (C=O) groups is 3. The zero-order chi connectivity index (χ0) is 24.2. The minimum atomic E-state index is -1.75. The number of rotatable bonds is 9. The lowest BCUT2D eigenvalue weighted by Crippen LogP contribution is -2.56. The van der Waals surface area contributed by atoms with Crippen LogP contribution in [0.3, 0.4) is 0 Å². The normalized spacial score (nSPS) is 17.1. The van der Waals surface area contributed by atoms with E-state index in [1.54, 1.807) is 48.5 Å². The van der Waals surface area contributed by atoms with Crippen molar-refractivity contribution in [2.75, 3.05) is 25.2 Å². The van der Waals surface area contributed by atoms with Crippen LogP contribution in [0.4, 0.5) is 10.5 Å². The highest BCUT2D eigenvalue weighted by Crippen LogP contribution is 2.23. The molecule has 5 N–H and O–H groups in total. The Morgan fingerprint density at radius 1 is 1.18 bits per heavy atom. The summed E-state index contributed by atoms with van der Waals surface area (Å²) in [6.07, 6.45) is -0.966. The third-order valence-corrected chi connectivity index (χ3v) is 5.38. The summed E-state index contributed by atoms with van der Waals surface area (Å²) in [5, 5.41) is 7.44. The summed E-state index contributed by atoms with van der Waals surface area (Å²) in [6.45, 7) is 1.70. The first-order valence-electron chi connectivity index (χ1n) is 10.2. The van der Waals surface area contributed by atoms with Crippen LogP contribution in [0.15, 0.2) is 48.5 Å². The van der Waals surface area contributed by atoms with E-state index in [-0.39, 0.29) is 18.9 Å². The summed E-state index contributed by atoms with van der Waals surface area (Å²) < 4.78 is 15.8. The van der Waals surface area contributed by atoms with Gasteiger partial charge >= 0.3 is 12.1 Å². The van der Waals surface area contributed by atoms with Gasteiger partial charge in [-0.05, 0) is 48.9 Å². The second-order valence-corrected chi connectivity index (χ2v) is 7.73. The summed E-state index contributed by atoms with van der Waals surface area (Å²) in [4.78, 5) is 37.5. The number of benzene rings is 2. The fourth-order valence-corrected chi connectivity index (χ4v) is 3.38. The number of esters is 1. The zero-order valence-electron chi connectivity index (χ0n) is 18.4. The summed E-state index contributed by atoms with van der Waals surface area (Å²) in [6, 6.07) is 13.5. The fourth-order valence-electron chi connectivity index (χ4n) is 3.38. The molecular weight excluding hydrogens is 428 g/mol. The van der Waals surface area contributed by atoms with Crippen LogP contribution in [0.1, 0.15) is 18.1 Å². The van der Waals surface area contributed by atoms with Crippen LogP contribution in [0.25, 0.3) is 0 Å². The monoisotopic (exact) mass is 454 g/mol. The fraction of sp³-hybridized carbons (Fsp3) is 0.304. The van der Waals surface area contributed by atoms with E-state index in [4.69, 9.17) is 26.4 Å². The molecule has 1 heterocycles. The van der Waals surface area contributed by atoms with Crippen LogP contribution >= 0.6 is 0 Å². The molecule has 174 valence electrons. The highest BCUT2D eigenvalue weighted by molar-refractivity contribution is 6.07. The van der Waals surface area contributed by atoms with Gasteiger partial charge in [-0.25, -0.2) is 9.59 Å². The van der Waals surface area contributed by atoms with Gasteiger partial charge < -0.3 is 25.7 Å². The molecule has 1 aliphatic heterocycles. The Balaban J connectivity index is 1.57. The molecule has 0 bridgehead atoms. The first kappa shape index (κ1) is 23.7. The van der Waals surface area contributed by atoms with Gasteiger partial charge in [-0.3, -0.25) is 15.1 Å². The number of nitrogens with zero attached hydrogens (tertiary/aromatic N) is 1. The number of nitrogens with one attached hydrogen (secondary N) is 1. The third-order valence-electron chi connectivity index (χ3n) is 5.38. The Morgan fingerprint density at radius 2 is 1.82 bits per heavy atom. The summed E-state index contributed by atoms with van der Waals surface area (Å²) >= 11 is 0. The van der Waals surface area contributed by atoms with Gasteiger partial charge in [0.05, 0.1) is 13.7 Å². The number of amides is 1. The maximum atomic E-state index is 12.2. The number of hydrogen-bond acceptors (Lipinski definition) is 8. The predicted octanol–water partition coefficient (Wildman–Crippen LogP) is 1.38.